The predicted octanol–water partition coefficient (Wildman–Crippen LogP) is 6.92. The van der Waals surface area contributed by atoms with Crippen molar-refractivity contribution in [1.82, 2.24) is 0 Å². The van der Waals surface area contributed by atoms with Crippen LogP contribution in [0.5, 0.6) is 0 Å². The van der Waals surface area contributed by atoms with Gasteiger partial charge in [-0.2, -0.15) is 0 Å². The van der Waals surface area contributed by atoms with Crippen molar-refractivity contribution >= 4 is 21.6 Å². The zero-order valence-electron chi connectivity index (χ0n) is 18.1. The van der Waals surface area contributed by atoms with Crippen LogP contribution in [0.25, 0.3) is 0 Å². The molecule has 0 unspecified atom stereocenters. The summed E-state index contributed by atoms with van der Waals surface area (Å²) in [5.41, 5.74) is 1.57. The van der Waals surface area contributed by atoms with E-state index in [2.05, 4.69) is 120 Å². The van der Waals surface area contributed by atoms with Gasteiger partial charge in [-0.1, -0.05) is 106 Å². The Kier molecular flexibility index (Phi) is 6.72. The molecule has 0 bridgehead atoms. The van der Waals surface area contributed by atoms with Gasteiger partial charge in [-0.15, -0.1) is 6.58 Å². The van der Waals surface area contributed by atoms with Crippen molar-refractivity contribution in [3.05, 3.63) is 78.9 Å². The SMILES string of the molecule is C=C[C@H]([C@@H](O[Si](C)(C)C(C)(C)C)c1ccccc1)[Si](C)(C)c1ccccc1. The first-order chi connectivity index (χ1) is 12.5. The van der Waals surface area contributed by atoms with Crippen molar-refractivity contribution in [3.8, 4) is 0 Å². The minimum absolute atomic E-state index is 0.0477. The highest BCUT2D eigenvalue weighted by molar-refractivity contribution is 6.91. The molecule has 0 fully saturated rings. The fourth-order valence-electron chi connectivity index (χ4n) is 3.34. The van der Waals surface area contributed by atoms with E-state index in [1.807, 2.05) is 0 Å². The molecular formula is C24H36OSi2. The average Bonchev–Trinajstić information content (AvgIpc) is 2.61. The standard InChI is InChI=1S/C24H36OSi2/c1-9-22(26(5,6)21-18-14-11-15-19-21)23(20-16-12-10-13-17-20)25-27(7,8)24(2,3)4/h9-19,22-23H,1H2,2-8H3/t22-,23+/m1/s1. The van der Waals surface area contributed by atoms with Crippen LogP contribution in [-0.4, -0.2) is 16.4 Å². The summed E-state index contributed by atoms with van der Waals surface area (Å²) >= 11 is 0. The monoisotopic (exact) mass is 396 g/mol. The number of hydrogen-bond acceptors (Lipinski definition) is 1. The van der Waals surface area contributed by atoms with Crippen LogP contribution in [0, 0.1) is 0 Å². The van der Waals surface area contributed by atoms with Crippen LogP contribution in [0.15, 0.2) is 73.3 Å². The summed E-state index contributed by atoms with van der Waals surface area (Å²) in [7, 11) is -3.77. The Hall–Kier alpha value is -1.43. The Bertz CT molecular complexity index is 730. The Labute approximate surface area is 168 Å². The van der Waals surface area contributed by atoms with E-state index < -0.39 is 16.4 Å². The number of rotatable bonds is 7. The number of hydrogen-bond donors (Lipinski definition) is 0. The molecule has 0 aliphatic rings. The molecule has 0 aliphatic heterocycles. The maximum atomic E-state index is 7.05. The van der Waals surface area contributed by atoms with Crippen LogP contribution in [0.3, 0.4) is 0 Å². The van der Waals surface area contributed by atoms with Gasteiger partial charge in [-0.05, 0) is 23.7 Å². The van der Waals surface area contributed by atoms with E-state index >= 15 is 0 Å². The van der Waals surface area contributed by atoms with Gasteiger partial charge in [0, 0.05) is 5.54 Å². The molecule has 2 aromatic carbocycles. The third-order valence-electron chi connectivity index (χ3n) is 6.29. The maximum Gasteiger partial charge on any atom is 0.192 e. The summed E-state index contributed by atoms with van der Waals surface area (Å²) in [6, 6.07) is 21.7. The summed E-state index contributed by atoms with van der Waals surface area (Å²) in [4.78, 5) is 0. The molecule has 0 spiro atoms. The van der Waals surface area contributed by atoms with Gasteiger partial charge < -0.3 is 4.43 Å². The van der Waals surface area contributed by atoms with Gasteiger partial charge in [0.1, 0.15) is 0 Å². The lowest BCUT2D eigenvalue weighted by molar-refractivity contribution is 0.185. The van der Waals surface area contributed by atoms with Crippen LogP contribution in [-0.2, 0) is 4.43 Å². The van der Waals surface area contributed by atoms with E-state index in [1.54, 1.807) is 0 Å². The third kappa shape index (κ3) is 4.90. The van der Waals surface area contributed by atoms with E-state index in [4.69, 9.17) is 4.43 Å². The van der Waals surface area contributed by atoms with Crippen molar-refractivity contribution < 1.29 is 4.43 Å². The lowest BCUT2D eigenvalue weighted by Gasteiger charge is -2.44. The second kappa shape index (κ2) is 8.30. The molecule has 2 atom stereocenters. The van der Waals surface area contributed by atoms with Gasteiger partial charge in [0.2, 0.25) is 0 Å². The lowest BCUT2D eigenvalue weighted by atomic mass is 10.1. The molecular weight excluding hydrogens is 360 g/mol. The molecule has 0 aliphatic carbocycles. The van der Waals surface area contributed by atoms with Crippen molar-refractivity contribution in [3.63, 3.8) is 0 Å². The minimum atomic E-state index is -1.94. The van der Waals surface area contributed by atoms with Crippen LogP contribution in [0.2, 0.25) is 36.8 Å². The maximum absolute atomic E-state index is 7.05. The van der Waals surface area contributed by atoms with Gasteiger partial charge in [-0.25, -0.2) is 0 Å². The first-order valence-electron chi connectivity index (χ1n) is 9.91. The molecule has 0 aromatic heterocycles. The molecule has 0 heterocycles. The van der Waals surface area contributed by atoms with Crippen molar-refractivity contribution in [2.24, 2.45) is 0 Å². The fourth-order valence-corrected chi connectivity index (χ4v) is 7.79. The largest absolute Gasteiger partial charge is 0.410 e. The molecule has 27 heavy (non-hydrogen) atoms. The van der Waals surface area contributed by atoms with E-state index in [-0.39, 0.29) is 11.1 Å². The van der Waals surface area contributed by atoms with Gasteiger partial charge in [-0.3, -0.25) is 0 Å². The zero-order valence-corrected chi connectivity index (χ0v) is 20.1. The molecule has 0 saturated heterocycles. The van der Waals surface area contributed by atoms with E-state index in [9.17, 15) is 0 Å². The quantitative estimate of drug-likeness (QED) is 0.364. The topological polar surface area (TPSA) is 9.23 Å². The first-order valence-corrected chi connectivity index (χ1v) is 15.9. The van der Waals surface area contributed by atoms with Gasteiger partial charge in [0.25, 0.3) is 0 Å². The first kappa shape index (κ1) is 21.9. The third-order valence-corrected chi connectivity index (χ3v) is 14.8. The minimum Gasteiger partial charge on any atom is -0.410 e. The smallest absolute Gasteiger partial charge is 0.192 e. The van der Waals surface area contributed by atoms with Gasteiger partial charge in [0.15, 0.2) is 8.32 Å². The molecule has 0 amide bonds. The highest BCUT2D eigenvalue weighted by Gasteiger charge is 2.44. The van der Waals surface area contributed by atoms with E-state index in [1.165, 1.54) is 10.8 Å². The van der Waals surface area contributed by atoms with Crippen LogP contribution < -0.4 is 5.19 Å². The summed E-state index contributed by atoms with van der Waals surface area (Å²) < 4.78 is 7.05. The summed E-state index contributed by atoms with van der Waals surface area (Å²) in [6.45, 7) is 20.8. The molecule has 0 N–H and O–H groups in total. The molecule has 3 heteroatoms. The summed E-state index contributed by atoms with van der Waals surface area (Å²) in [5.74, 6) is 0. The Balaban J connectivity index is 2.53. The van der Waals surface area contributed by atoms with E-state index in [0.29, 0.717) is 5.54 Å². The normalized spacial score (nSPS) is 15.2. The molecule has 146 valence electrons. The Morgan fingerprint density at radius 1 is 0.852 bits per heavy atom. The Morgan fingerprint density at radius 3 is 1.78 bits per heavy atom. The fraction of sp³-hybridized carbons (Fsp3) is 0.417. The second-order valence-corrected chi connectivity index (χ2v) is 19.0. The van der Waals surface area contributed by atoms with Gasteiger partial charge in [0.05, 0.1) is 14.2 Å². The highest BCUT2D eigenvalue weighted by Crippen LogP contribution is 2.45. The second-order valence-electron chi connectivity index (χ2n) is 9.56. The van der Waals surface area contributed by atoms with Crippen molar-refractivity contribution in [1.29, 1.82) is 0 Å². The zero-order chi connectivity index (χ0) is 20.3. The van der Waals surface area contributed by atoms with Crippen molar-refractivity contribution in [2.75, 3.05) is 0 Å². The molecule has 0 saturated carbocycles. The average molecular weight is 397 g/mol. The Morgan fingerprint density at radius 2 is 1.33 bits per heavy atom. The molecule has 0 radical (unpaired) electrons. The molecule has 1 nitrogen and oxygen atoms in total. The van der Waals surface area contributed by atoms with Crippen LogP contribution >= 0.6 is 0 Å². The van der Waals surface area contributed by atoms with Crippen LogP contribution in [0.1, 0.15) is 32.4 Å². The molecule has 2 rings (SSSR count). The van der Waals surface area contributed by atoms with Crippen LogP contribution in [0.4, 0.5) is 0 Å². The van der Waals surface area contributed by atoms with E-state index in [0.717, 1.165) is 0 Å². The predicted molar refractivity (Wildman–Crippen MR) is 125 cm³/mol. The molecule has 2 aromatic rings. The highest BCUT2D eigenvalue weighted by atomic mass is 28.4. The number of benzene rings is 2. The summed E-state index contributed by atoms with van der Waals surface area (Å²) in [5, 5.41) is 1.62. The van der Waals surface area contributed by atoms with Crippen molar-refractivity contribution in [2.45, 2.75) is 63.6 Å². The summed E-state index contributed by atoms with van der Waals surface area (Å²) in [6.07, 6.45) is 2.20. The van der Waals surface area contributed by atoms with Gasteiger partial charge >= 0.3 is 0 Å². The lowest BCUT2D eigenvalue weighted by Crippen LogP contribution is -2.50.